The highest BCUT2D eigenvalue weighted by atomic mass is 16.5. The Balaban J connectivity index is 1.70. The van der Waals surface area contributed by atoms with E-state index in [1.807, 2.05) is 38.2 Å². The van der Waals surface area contributed by atoms with Crippen molar-refractivity contribution in [2.45, 2.75) is 19.8 Å². The molecule has 0 atom stereocenters. The summed E-state index contributed by atoms with van der Waals surface area (Å²) in [6, 6.07) is 7.51. The minimum atomic E-state index is 0.152. The fourth-order valence-electron chi connectivity index (χ4n) is 2.93. The van der Waals surface area contributed by atoms with E-state index in [9.17, 15) is 4.79 Å². The molecule has 0 spiro atoms. The van der Waals surface area contributed by atoms with Crippen LogP contribution in [-0.2, 0) is 11.8 Å². The quantitative estimate of drug-likeness (QED) is 0.741. The van der Waals surface area contributed by atoms with E-state index >= 15 is 0 Å². The molecule has 1 aliphatic heterocycles. The number of carbonyl (C=O) groups is 1. The number of carbonyl (C=O) groups excluding carboxylic acids is 1. The Labute approximate surface area is 138 Å². The predicted molar refractivity (Wildman–Crippen MR) is 89.1 cm³/mol. The summed E-state index contributed by atoms with van der Waals surface area (Å²) in [6.45, 7) is 2.57. The predicted octanol–water partition coefficient (Wildman–Crippen LogP) is 2.59. The van der Waals surface area contributed by atoms with Gasteiger partial charge in [0, 0.05) is 31.8 Å². The Kier molecular flexibility index (Phi) is 3.41. The van der Waals surface area contributed by atoms with E-state index in [1.54, 1.807) is 15.8 Å². The Morgan fingerprint density at radius 2 is 2.12 bits per heavy atom. The SMILES string of the molecule is Cc1nc(Oc2cccc(N3CCCC3=O)c2)c2cnn(C)c2n1. The van der Waals surface area contributed by atoms with Crippen LogP contribution in [0.15, 0.2) is 30.5 Å². The van der Waals surface area contributed by atoms with Crippen molar-refractivity contribution in [2.75, 3.05) is 11.4 Å². The van der Waals surface area contributed by atoms with E-state index in [-0.39, 0.29) is 5.91 Å². The van der Waals surface area contributed by atoms with Crippen LogP contribution in [0.4, 0.5) is 5.69 Å². The number of rotatable bonds is 3. The standard InChI is InChI=1S/C17H17N5O2/c1-11-19-16-14(10-18-21(16)2)17(20-11)24-13-6-3-5-12(9-13)22-8-4-7-15(22)23/h3,5-6,9-10H,4,7-8H2,1-2H3. The first kappa shape index (κ1) is 14.6. The van der Waals surface area contributed by atoms with Crippen LogP contribution in [0.5, 0.6) is 11.6 Å². The van der Waals surface area contributed by atoms with Gasteiger partial charge in [-0.15, -0.1) is 0 Å². The van der Waals surface area contributed by atoms with Crippen molar-refractivity contribution < 1.29 is 9.53 Å². The van der Waals surface area contributed by atoms with Crippen LogP contribution in [-0.4, -0.2) is 32.2 Å². The second-order valence-electron chi connectivity index (χ2n) is 5.83. The van der Waals surface area contributed by atoms with Gasteiger partial charge in [0.15, 0.2) is 5.65 Å². The lowest BCUT2D eigenvalue weighted by atomic mass is 10.2. The minimum Gasteiger partial charge on any atom is -0.438 e. The molecule has 3 aromatic rings. The molecule has 24 heavy (non-hydrogen) atoms. The Morgan fingerprint density at radius 3 is 2.92 bits per heavy atom. The molecule has 1 aliphatic rings. The number of benzene rings is 1. The zero-order chi connectivity index (χ0) is 16.7. The number of aromatic nitrogens is 4. The Morgan fingerprint density at radius 1 is 1.25 bits per heavy atom. The molecule has 122 valence electrons. The summed E-state index contributed by atoms with van der Waals surface area (Å²) in [4.78, 5) is 22.5. The molecule has 1 aromatic carbocycles. The first-order valence-electron chi connectivity index (χ1n) is 7.86. The van der Waals surface area contributed by atoms with Gasteiger partial charge >= 0.3 is 0 Å². The topological polar surface area (TPSA) is 73.1 Å². The van der Waals surface area contributed by atoms with Crippen LogP contribution >= 0.6 is 0 Å². The van der Waals surface area contributed by atoms with Gasteiger partial charge in [-0.25, -0.2) is 4.98 Å². The molecule has 4 rings (SSSR count). The summed E-state index contributed by atoms with van der Waals surface area (Å²) < 4.78 is 7.67. The highest BCUT2D eigenvalue weighted by molar-refractivity contribution is 5.95. The van der Waals surface area contributed by atoms with Crippen molar-refractivity contribution in [3.63, 3.8) is 0 Å². The summed E-state index contributed by atoms with van der Waals surface area (Å²) in [5.41, 5.74) is 1.58. The molecule has 7 nitrogen and oxygen atoms in total. The van der Waals surface area contributed by atoms with Crippen LogP contribution in [0.2, 0.25) is 0 Å². The van der Waals surface area contributed by atoms with Crippen LogP contribution < -0.4 is 9.64 Å². The summed E-state index contributed by atoms with van der Waals surface area (Å²) >= 11 is 0. The second kappa shape index (κ2) is 5.59. The smallest absolute Gasteiger partial charge is 0.233 e. The third-order valence-electron chi connectivity index (χ3n) is 4.09. The number of nitrogens with zero attached hydrogens (tertiary/aromatic N) is 5. The molecule has 1 fully saturated rings. The van der Waals surface area contributed by atoms with E-state index in [2.05, 4.69) is 15.1 Å². The van der Waals surface area contributed by atoms with E-state index in [1.165, 1.54) is 0 Å². The first-order valence-corrected chi connectivity index (χ1v) is 7.86. The number of hydrogen-bond acceptors (Lipinski definition) is 5. The molecular formula is C17H17N5O2. The van der Waals surface area contributed by atoms with Gasteiger partial charge in [-0.3, -0.25) is 9.48 Å². The summed E-state index contributed by atoms with van der Waals surface area (Å²) in [6.07, 6.45) is 3.19. The maximum absolute atomic E-state index is 11.9. The van der Waals surface area contributed by atoms with E-state index in [0.29, 0.717) is 23.9 Å². The van der Waals surface area contributed by atoms with Gasteiger partial charge in [-0.1, -0.05) is 6.07 Å². The lowest BCUT2D eigenvalue weighted by molar-refractivity contribution is -0.117. The molecule has 0 radical (unpaired) electrons. The van der Waals surface area contributed by atoms with Gasteiger partial charge in [0.25, 0.3) is 0 Å². The van der Waals surface area contributed by atoms with E-state index in [4.69, 9.17) is 4.74 Å². The fourth-order valence-corrected chi connectivity index (χ4v) is 2.93. The minimum absolute atomic E-state index is 0.152. The Bertz CT molecular complexity index is 934. The van der Waals surface area contributed by atoms with Crippen LogP contribution in [0, 0.1) is 6.92 Å². The average molecular weight is 323 g/mol. The van der Waals surface area contributed by atoms with Gasteiger partial charge in [0.05, 0.1) is 6.20 Å². The summed E-state index contributed by atoms with van der Waals surface area (Å²) in [5.74, 6) is 1.87. The number of aryl methyl sites for hydroxylation is 2. The van der Waals surface area contributed by atoms with Crippen LogP contribution in [0.25, 0.3) is 11.0 Å². The second-order valence-corrected chi connectivity index (χ2v) is 5.83. The lowest BCUT2D eigenvalue weighted by Gasteiger charge is -2.16. The highest BCUT2D eigenvalue weighted by Crippen LogP contribution is 2.30. The number of anilines is 1. The lowest BCUT2D eigenvalue weighted by Crippen LogP contribution is -2.23. The van der Waals surface area contributed by atoms with Gasteiger partial charge in [-0.2, -0.15) is 10.1 Å². The van der Waals surface area contributed by atoms with Gasteiger partial charge in [-0.05, 0) is 25.5 Å². The third-order valence-corrected chi connectivity index (χ3v) is 4.09. The van der Waals surface area contributed by atoms with Gasteiger partial charge < -0.3 is 9.64 Å². The molecule has 0 bridgehead atoms. The molecule has 7 heteroatoms. The molecule has 2 aromatic heterocycles. The number of fused-ring (bicyclic) bond motifs is 1. The molecule has 0 N–H and O–H groups in total. The monoisotopic (exact) mass is 323 g/mol. The fraction of sp³-hybridized carbons (Fsp3) is 0.294. The highest BCUT2D eigenvalue weighted by Gasteiger charge is 2.22. The molecule has 0 aliphatic carbocycles. The van der Waals surface area contributed by atoms with Crippen molar-refractivity contribution in [3.8, 4) is 11.6 Å². The van der Waals surface area contributed by atoms with E-state index < -0.39 is 0 Å². The number of ether oxygens (including phenoxy) is 1. The molecule has 0 saturated carbocycles. The Hall–Kier alpha value is -2.96. The summed E-state index contributed by atoms with van der Waals surface area (Å²) in [7, 11) is 1.83. The van der Waals surface area contributed by atoms with Crippen LogP contribution in [0.3, 0.4) is 0 Å². The van der Waals surface area contributed by atoms with Crippen molar-refractivity contribution in [2.24, 2.45) is 7.05 Å². The van der Waals surface area contributed by atoms with Crippen molar-refractivity contribution >= 4 is 22.6 Å². The first-order chi connectivity index (χ1) is 11.6. The van der Waals surface area contributed by atoms with Crippen molar-refractivity contribution in [1.82, 2.24) is 19.7 Å². The van der Waals surface area contributed by atoms with Crippen molar-refractivity contribution in [1.29, 1.82) is 0 Å². The molecule has 1 amide bonds. The third kappa shape index (κ3) is 2.47. The maximum atomic E-state index is 11.9. The van der Waals surface area contributed by atoms with Crippen molar-refractivity contribution in [3.05, 3.63) is 36.3 Å². The molecular weight excluding hydrogens is 306 g/mol. The maximum Gasteiger partial charge on any atom is 0.233 e. The normalized spacial score (nSPS) is 14.6. The molecule has 0 unspecified atom stereocenters. The largest absolute Gasteiger partial charge is 0.438 e. The number of amides is 1. The van der Waals surface area contributed by atoms with Gasteiger partial charge in [0.1, 0.15) is 17.0 Å². The van der Waals surface area contributed by atoms with E-state index in [0.717, 1.165) is 29.7 Å². The zero-order valence-corrected chi connectivity index (χ0v) is 13.6. The van der Waals surface area contributed by atoms with Gasteiger partial charge in [0.2, 0.25) is 11.8 Å². The van der Waals surface area contributed by atoms with Crippen LogP contribution in [0.1, 0.15) is 18.7 Å². The number of hydrogen-bond donors (Lipinski definition) is 0. The zero-order valence-electron chi connectivity index (χ0n) is 13.6. The molecule has 1 saturated heterocycles. The average Bonchev–Trinajstić information content (AvgIpc) is 3.14. The molecule has 3 heterocycles. The summed E-state index contributed by atoms with van der Waals surface area (Å²) in [5, 5.41) is 4.97.